The predicted octanol–water partition coefficient (Wildman–Crippen LogP) is 2.90. The summed E-state index contributed by atoms with van der Waals surface area (Å²) in [4.78, 5) is 2.48. The number of rotatable bonds is 4. The van der Waals surface area contributed by atoms with E-state index in [9.17, 15) is 0 Å². The van der Waals surface area contributed by atoms with Crippen LogP contribution in [0.5, 0.6) is 0 Å². The molecule has 0 spiro atoms. The molecule has 2 fully saturated rings. The highest BCUT2D eigenvalue weighted by Crippen LogP contribution is 2.27. The summed E-state index contributed by atoms with van der Waals surface area (Å²) >= 11 is 0. The fourth-order valence-electron chi connectivity index (χ4n) is 3.78. The first-order valence-electron chi connectivity index (χ1n) is 8.34. The fraction of sp³-hybridized carbons (Fsp3) is 0.588. The van der Waals surface area contributed by atoms with Crippen molar-refractivity contribution in [1.29, 1.82) is 0 Å². The molecule has 0 aromatic carbocycles. The molecule has 0 bridgehead atoms. The second-order valence-corrected chi connectivity index (χ2v) is 6.48. The van der Waals surface area contributed by atoms with E-state index < -0.39 is 0 Å². The number of aromatic nitrogens is 1. The van der Waals surface area contributed by atoms with E-state index in [1.165, 1.54) is 32.2 Å². The van der Waals surface area contributed by atoms with Gasteiger partial charge in [0.15, 0.2) is 5.76 Å². The summed E-state index contributed by atoms with van der Waals surface area (Å²) in [5, 5.41) is 7.83. The van der Waals surface area contributed by atoms with Crippen LogP contribution in [0.25, 0.3) is 11.5 Å². The Morgan fingerprint density at radius 2 is 2.14 bits per heavy atom. The Hall–Kier alpha value is -1.59. The molecule has 4 heterocycles. The van der Waals surface area contributed by atoms with Crippen molar-refractivity contribution in [1.82, 2.24) is 15.4 Å². The molecule has 2 aliphatic heterocycles. The molecule has 2 aliphatic rings. The van der Waals surface area contributed by atoms with Crippen LogP contribution < -0.4 is 5.32 Å². The second kappa shape index (κ2) is 6.26. The van der Waals surface area contributed by atoms with Crippen LogP contribution in [0, 0.1) is 5.92 Å². The smallest absolute Gasteiger partial charge is 0.202 e. The fourth-order valence-corrected chi connectivity index (χ4v) is 3.78. The molecule has 5 nitrogen and oxygen atoms in total. The topological polar surface area (TPSA) is 54.4 Å². The number of hydrogen-bond acceptors (Lipinski definition) is 5. The molecule has 0 aliphatic carbocycles. The number of piperidine rings is 1. The summed E-state index contributed by atoms with van der Waals surface area (Å²) < 4.78 is 10.7. The molecule has 5 heteroatoms. The van der Waals surface area contributed by atoms with Gasteiger partial charge in [-0.2, -0.15) is 0 Å². The molecule has 0 amide bonds. The van der Waals surface area contributed by atoms with E-state index in [4.69, 9.17) is 8.94 Å². The number of likely N-dealkylation sites (tertiary alicyclic amines) is 1. The lowest BCUT2D eigenvalue weighted by atomic mass is 9.88. The first kappa shape index (κ1) is 14.0. The second-order valence-electron chi connectivity index (χ2n) is 6.48. The van der Waals surface area contributed by atoms with Crippen molar-refractivity contribution in [2.24, 2.45) is 5.92 Å². The maximum Gasteiger partial charge on any atom is 0.202 e. The van der Waals surface area contributed by atoms with Crippen molar-refractivity contribution in [2.45, 2.75) is 38.3 Å². The summed E-state index contributed by atoms with van der Waals surface area (Å²) in [5.74, 6) is 2.31. The molecule has 1 N–H and O–H groups in total. The van der Waals surface area contributed by atoms with Gasteiger partial charge in [0.25, 0.3) is 0 Å². The average molecular weight is 301 g/mol. The van der Waals surface area contributed by atoms with Crippen molar-refractivity contribution in [2.75, 3.05) is 19.6 Å². The molecule has 4 rings (SSSR count). The van der Waals surface area contributed by atoms with Crippen LogP contribution in [0.4, 0.5) is 0 Å². The van der Waals surface area contributed by atoms with E-state index in [0.29, 0.717) is 5.76 Å². The molecule has 118 valence electrons. The summed E-state index contributed by atoms with van der Waals surface area (Å²) in [6, 6.07) is 6.51. The monoisotopic (exact) mass is 301 g/mol. The van der Waals surface area contributed by atoms with Crippen LogP contribution in [-0.4, -0.2) is 35.7 Å². The number of hydrogen-bond donors (Lipinski definition) is 1. The van der Waals surface area contributed by atoms with Crippen LogP contribution >= 0.6 is 0 Å². The molecule has 2 saturated heterocycles. The van der Waals surface area contributed by atoms with Crippen LogP contribution in [-0.2, 0) is 6.54 Å². The van der Waals surface area contributed by atoms with Gasteiger partial charge in [-0.15, -0.1) is 0 Å². The van der Waals surface area contributed by atoms with Crippen molar-refractivity contribution >= 4 is 0 Å². The van der Waals surface area contributed by atoms with Gasteiger partial charge in [-0.3, -0.25) is 4.90 Å². The molecule has 0 saturated carbocycles. The molecular weight excluding hydrogens is 278 g/mol. The Kier molecular flexibility index (Phi) is 3.99. The van der Waals surface area contributed by atoms with Gasteiger partial charge in [0.05, 0.1) is 12.0 Å². The maximum atomic E-state index is 5.37. The molecule has 22 heavy (non-hydrogen) atoms. The van der Waals surface area contributed by atoms with Gasteiger partial charge in [0, 0.05) is 18.7 Å². The number of furan rings is 1. The zero-order valence-electron chi connectivity index (χ0n) is 12.8. The average Bonchev–Trinajstić information content (AvgIpc) is 3.30. The van der Waals surface area contributed by atoms with Crippen LogP contribution in [0.2, 0.25) is 0 Å². The standard InChI is InChI=1S/C17H23N3O2/c1-3-15(18-7-1)13-5-8-20(9-6-13)12-14-11-17(22-19-14)16-4-2-10-21-16/h2,4,10-11,13,15,18H,1,3,5-9,12H2. The lowest BCUT2D eigenvalue weighted by Gasteiger charge is -2.34. The van der Waals surface area contributed by atoms with Gasteiger partial charge in [0.1, 0.15) is 0 Å². The van der Waals surface area contributed by atoms with Crippen LogP contribution in [0.15, 0.2) is 33.4 Å². The third-order valence-electron chi connectivity index (χ3n) is 5.01. The van der Waals surface area contributed by atoms with E-state index >= 15 is 0 Å². The van der Waals surface area contributed by atoms with E-state index in [1.54, 1.807) is 6.26 Å². The minimum absolute atomic E-state index is 0.713. The van der Waals surface area contributed by atoms with Crippen molar-refractivity contribution in [3.8, 4) is 11.5 Å². The third-order valence-corrected chi connectivity index (χ3v) is 5.01. The lowest BCUT2D eigenvalue weighted by molar-refractivity contribution is 0.154. The highest BCUT2D eigenvalue weighted by Gasteiger charge is 2.28. The Morgan fingerprint density at radius 3 is 2.86 bits per heavy atom. The largest absolute Gasteiger partial charge is 0.461 e. The van der Waals surface area contributed by atoms with Gasteiger partial charge in [-0.05, 0) is 63.4 Å². The first-order valence-corrected chi connectivity index (χ1v) is 8.34. The van der Waals surface area contributed by atoms with E-state index in [0.717, 1.165) is 43.0 Å². The summed E-state index contributed by atoms with van der Waals surface area (Å²) in [6.07, 6.45) is 6.94. The lowest BCUT2D eigenvalue weighted by Crippen LogP contribution is -2.40. The van der Waals surface area contributed by atoms with Gasteiger partial charge < -0.3 is 14.3 Å². The minimum atomic E-state index is 0.713. The summed E-state index contributed by atoms with van der Waals surface area (Å²) in [6.45, 7) is 4.39. The molecule has 2 aromatic rings. The number of nitrogens with zero attached hydrogens (tertiary/aromatic N) is 2. The summed E-state index contributed by atoms with van der Waals surface area (Å²) in [7, 11) is 0. The molecular formula is C17H23N3O2. The normalized spacial score (nSPS) is 24.1. The Labute approximate surface area is 130 Å². The predicted molar refractivity (Wildman–Crippen MR) is 83.2 cm³/mol. The zero-order valence-corrected chi connectivity index (χ0v) is 12.8. The quantitative estimate of drug-likeness (QED) is 0.941. The Balaban J connectivity index is 1.31. The van der Waals surface area contributed by atoms with Crippen molar-refractivity contribution in [3.05, 3.63) is 30.2 Å². The first-order chi connectivity index (χ1) is 10.9. The molecule has 0 radical (unpaired) electrons. The SMILES string of the molecule is c1coc(-c2cc(CN3CCC(C4CCCN4)CC3)no2)c1. The third kappa shape index (κ3) is 2.96. The van der Waals surface area contributed by atoms with Crippen LogP contribution in [0.3, 0.4) is 0 Å². The van der Waals surface area contributed by atoms with Gasteiger partial charge in [-0.25, -0.2) is 0 Å². The van der Waals surface area contributed by atoms with E-state index in [1.807, 2.05) is 18.2 Å². The number of nitrogens with one attached hydrogen (secondary N) is 1. The van der Waals surface area contributed by atoms with Gasteiger partial charge >= 0.3 is 0 Å². The molecule has 1 unspecified atom stereocenters. The minimum Gasteiger partial charge on any atom is -0.461 e. The highest BCUT2D eigenvalue weighted by atomic mass is 16.5. The van der Waals surface area contributed by atoms with Crippen LogP contribution in [0.1, 0.15) is 31.4 Å². The maximum absolute atomic E-state index is 5.37. The Bertz CT molecular complexity index is 579. The zero-order chi connectivity index (χ0) is 14.8. The highest BCUT2D eigenvalue weighted by molar-refractivity contribution is 5.49. The van der Waals surface area contributed by atoms with Gasteiger partial charge in [-0.1, -0.05) is 5.16 Å². The van der Waals surface area contributed by atoms with Crippen molar-refractivity contribution < 1.29 is 8.94 Å². The molecule has 1 atom stereocenters. The Morgan fingerprint density at radius 1 is 1.23 bits per heavy atom. The van der Waals surface area contributed by atoms with E-state index in [-0.39, 0.29) is 0 Å². The summed E-state index contributed by atoms with van der Waals surface area (Å²) in [5.41, 5.74) is 0.990. The van der Waals surface area contributed by atoms with Gasteiger partial charge in [0.2, 0.25) is 5.76 Å². The van der Waals surface area contributed by atoms with E-state index in [2.05, 4.69) is 15.4 Å². The molecule has 2 aromatic heterocycles. The van der Waals surface area contributed by atoms with Crippen molar-refractivity contribution in [3.63, 3.8) is 0 Å².